The van der Waals surface area contributed by atoms with E-state index < -0.39 is 4.92 Å². The van der Waals surface area contributed by atoms with E-state index >= 15 is 0 Å². The molecule has 0 bridgehead atoms. The fraction of sp³-hybridized carbons (Fsp3) is 0.150. The Balaban J connectivity index is 1.55. The fourth-order valence-corrected chi connectivity index (χ4v) is 3.05. The van der Waals surface area contributed by atoms with E-state index in [1.165, 1.54) is 18.5 Å². The molecule has 0 amide bonds. The Kier molecular flexibility index (Phi) is 5.02. The summed E-state index contributed by atoms with van der Waals surface area (Å²) >= 11 is 0. The first-order valence-corrected chi connectivity index (χ1v) is 9.09. The summed E-state index contributed by atoms with van der Waals surface area (Å²) in [5.41, 5.74) is 2.72. The van der Waals surface area contributed by atoms with Crippen LogP contribution in [-0.2, 0) is 6.54 Å². The van der Waals surface area contributed by atoms with E-state index in [9.17, 15) is 10.1 Å². The highest BCUT2D eigenvalue weighted by molar-refractivity contribution is 5.96. The lowest BCUT2D eigenvalue weighted by atomic mass is 10.1. The van der Waals surface area contributed by atoms with Crippen molar-refractivity contribution >= 4 is 28.4 Å². The lowest BCUT2D eigenvalue weighted by Crippen LogP contribution is -2.09. The Bertz CT molecular complexity index is 1130. The van der Waals surface area contributed by atoms with Gasteiger partial charge in [-0.1, -0.05) is 42.5 Å². The Morgan fingerprint density at radius 2 is 1.83 bits per heavy atom. The topological polar surface area (TPSA) is 122 Å². The van der Waals surface area contributed by atoms with Gasteiger partial charge in [0.15, 0.2) is 11.5 Å². The first kappa shape index (κ1) is 18.4. The lowest BCUT2D eigenvalue weighted by molar-refractivity contribution is -0.384. The summed E-state index contributed by atoms with van der Waals surface area (Å²) in [6.45, 7) is 2.52. The van der Waals surface area contributed by atoms with E-state index in [1.54, 1.807) is 12.1 Å². The lowest BCUT2D eigenvalue weighted by Gasteiger charge is -2.15. The van der Waals surface area contributed by atoms with Crippen molar-refractivity contribution in [2.45, 2.75) is 19.5 Å². The molecule has 0 aliphatic carbocycles. The van der Waals surface area contributed by atoms with Gasteiger partial charge in [-0.05, 0) is 18.1 Å². The van der Waals surface area contributed by atoms with E-state index in [2.05, 4.69) is 49.9 Å². The summed E-state index contributed by atoms with van der Waals surface area (Å²) in [4.78, 5) is 19.0. The molecule has 1 atom stereocenters. The van der Waals surface area contributed by atoms with Crippen LogP contribution in [-0.4, -0.2) is 25.1 Å². The number of nitrogens with one attached hydrogen (secondary N) is 3. The molecule has 0 radical (unpaired) electrons. The molecule has 0 spiro atoms. The molecule has 1 unspecified atom stereocenters. The van der Waals surface area contributed by atoms with Crippen molar-refractivity contribution in [1.29, 1.82) is 0 Å². The Hall–Kier alpha value is -4.01. The third-order valence-electron chi connectivity index (χ3n) is 4.62. The van der Waals surface area contributed by atoms with Gasteiger partial charge in [0.25, 0.3) is 5.69 Å². The summed E-state index contributed by atoms with van der Waals surface area (Å²) in [6, 6.07) is 16.5. The maximum atomic E-state index is 10.8. The second-order valence-electron chi connectivity index (χ2n) is 6.57. The number of rotatable bonds is 7. The van der Waals surface area contributed by atoms with Crippen molar-refractivity contribution in [3.63, 3.8) is 0 Å². The van der Waals surface area contributed by atoms with Crippen LogP contribution < -0.4 is 10.6 Å². The summed E-state index contributed by atoms with van der Waals surface area (Å²) in [5.74, 6) is 1.29. The minimum absolute atomic E-state index is 0.0479. The number of nitrogens with zero attached hydrogens (tertiary/aromatic N) is 4. The highest BCUT2D eigenvalue weighted by Crippen LogP contribution is 2.28. The van der Waals surface area contributed by atoms with E-state index in [1.807, 2.05) is 18.2 Å². The van der Waals surface area contributed by atoms with Crippen LogP contribution in [0.25, 0.3) is 11.0 Å². The fourth-order valence-electron chi connectivity index (χ4n) is 3.05. The van der Waals surface area contributed by atoms with Crippen molar-refractivity contribution in [3.8, 4) is 0 Å². The smallest absolute Gasteiger partial charge is 0.269 e. The van der Waals surface area contributed by atoms with E-state index in [-0.39, 0.29) is 11.7 Å². The highest BCUT2D eigenvalue weighted by atomic mass is 16.6. The molecule has 2 heterocycles. The summed E-state index contributed by atoms with van der Waals surface area (Å²) < 4.78 is 0. The van der Waals surface area contributed by atoms with Gasteiger partial charge in [-0.3, -0.25) is 15.2 Å². The molecule has 9 heteroatoms. The van der Waals surface area contributed by atoms with Gasteiger partial charge >= 0.3 is 0 Å². The van der Waals surface area contributed by atoms with Gasteiger partial charge in [0, 0.05) is 24.7 Å². The third kappa shape index (κ3) is 3.98. The van der Waals surface area contributed by atoms with E-state index in [0.717, 1.165) is 16.5 Å². The maximum Gasteiger partial charge on any atom is 0.269 e. The van der Waals surface area contributed by atoms with Crippen molar-refractivity contribution < 1.29 is 4.92 Å². The summed E-state index contributed by atoms with van der Waals surface area (Å²) in [7, 11) is 0. The molecule has 4 aromatic rings. The van der Waals surface area contributed by atoms with Crippen LogP contribution in [0.1, 0.15) is 24.1 Å². The molecule has 0 saturated heterocycles. The molecule has 3 N–H and O–H groups in total. The number of fused-ring (bicyclic) bond motifs is 1. The van der Waals surface area contributed by atoms with Gasteiger partial charge in [0.05, 0.1) is 4.92 Å². The van der Waals surface area contributed by atoms with Gasteiger partial charge in [-0.2, -0.15) is 5.10 Å². The van der Waals surface area contributed by atoms with Crippen LogP contribution in [0.3, 0.4) is 0 Å². The standard InChI is InChI=1S/C20H19N7O2/c1-13(15-5-3-2-4-6-15)24-18-17-19(25-26-20(17)23-12-22-18)21-11-14-7-9-16(10-8-14)27(28)29/h2-10,12-13H,11H2,1H3,(H3,21,22,23,24,25,26). The zero-order chi connectivity index (χ0) is 20.2. The molecule has 0 aliphatic heterocycles. The van der Waals surface area contributed by atoms with Crippen LogP contribution in [0.2, 0.25) is 0 Å². The van der Waals surface area contributed by atoms with Crippen LogP contribution in [0, 0.1) is 10.1 Å². The number of aromatic nitrogens is 4. The van der Waals surface area contributed by atoms with Crippen LogP contribution in [0.5, 0.6) is 0 Å². The average Bonchev–Trinajstić information content (AvgIpc) is 3.17. The molecule has 4 rings (SSSR count). The van der Waals surface area contributed by atoms with Crippen LogP contribution in [0.15, 0.2) is 60.9 Å². The number of benzene rings is 2. The largest absolute Gasteiger partial charge is 0.364 e. The predicted molar refractivity (Wildman–Crippen MR) is 111 cm³/mol. The van der Waals surface area contributed by atoms with Gasteiger partial charge in [-0.25, -0.2) is 9.97 Å². The zero-order valence-corrected chi connectivity index (χ0v) is 15.7. The molecule has 2 aromatic heterocycles. The average molecular weight is 389 g/mol. The first-order valence-electron chi connectivity index (χ1n) is 9.09. The molecule has 0 aliphatic rings. The van der Waals surface area contributed by atoms with Crippen LogP contribution >= 0.6 is 0 Å². The van der Waals surface area contributed by atoms with Crippen molar-refractivity contribution in [3.05, 3.63) is 82.2 Å². The van der Waals surface area contributed by atoms with Gasteiger partial charge < -0.3 is 10.6 Å². The molecular weight excluding hydrogens is 370 g/mol. The molecule has 9 nitrogen and oxygen atoms in total. The van der Waals surface area contributed by atoms with Gasteiger partial charge in [0.2, 0.25) is 0 Å². The highest BCUT2D eigenvalue weighted by Gasteiger charge is 2.15. The van der Waals surface area contributed by atoms with Crippen molar-refractivity contribution in [1.82, 2.24) is 20.2 Å². The molecule has 0 saturated carbocycles. The molecule has 0 fully saturated rings. The van der Waals surface area contributed by atoms with E-state index in [4.69, 9.17) is 0 Å². The summed E-state index contributed by atoms with van der Waals surface area (Å²) in [5, 5.41) is 25.4. The Morgan fingerprint density at radius 1 is 1.07 bits per heavy atom. The monoisotopic (exact) mass is 389 g/mol. The number of non-ortho nitro benzene ring substituents is 1. The normalized spacial score (nSPS) is 11.9. The minimum atomic E-state index is -0.415. The summed E-state index contributed by atoms with van der Waals surface area (Å²) in [6.07, 6.45) is 1.49. The Morgan fingerprint density at radius 3 is 2.55 bits per heavy atom. The second-order valence-corrected chi connectivity index (χ2v) is 6.57. The molecule has 2 aromatic carbocycles. The number of aromatic amines is 1. The molecular formula is C20H19N7O2. The number of hydrogen-bond acceptors (Lipinski definition) is 7. The first-order chi connectivity index (χ1) is 14.1. The van der Waals surface area contributed by atoms with Crippen molar-refractivity contribution in [2.75, 3.05) is 10.6 Å². The number of anilines is 2. The number of H-pyrrole nitrogens is 1. The number of nitro groups is 1. The van der Waals surface area contributed by atoms with Gasteiger partial charge in [0.1, 0.15) is 17.5 Å². The SMILES string of the molecule is CC(Nc1ncnc2[nH]nc(NCc3ccc([N+](=O)[O-])cc3)c12)c1ccccc1. The van der Waals surface area contributed by atoms with Crippen LogP contribution in [0.4, 0.5) is 17.3 Å². The quantitative estimate of drug-likeness (QED) is 0.322. The number of nitro benzene ring substituents is 1. The third-order valence-corrected chi connectivity index (χ3v) is 4.62. The zero-order valence-electron chi connectivity index (χ0n) is 15.7. The van der Waals surface area contributed by atoms with Crippen molar-refractivity contribution in [2.24, 2.45) is 0 Å². The molecule has 29 heavy (non-hydrogen) atoms. The Labute approximate surface area is 166 Å². The molecule has 146 valence electrons. The minimum Gasteiger partial charge on any atom is -0.364 e. The number of hydrogen-bond donors (Lipinski definition) is 3. The predicted octanol–water partition coefficient (Wildman–Crippen LogP) is 4.05. The van der Waals surface area contributed by atoms with Gasteiger partial charge in [-0.15, -0.1) is 0 Å². The second kappa shape index (κ2) is 7.93. The van der Waals surface area contributed by atoms with E-state index in [0.29, 0.717) is 23.8 Å². The maximum absolute atomic E-state index is 10.8.